The zero-order chi connectivity index (χ0) is 21.0. The minimum Gasteiger partial charge on any atom is -0.497 e. The van der Waals surface area contributed by atoms with Gasteiger partial charge in [-0.1, -0.05) is 11.6 Å². The molecule has 7 heteroatoms. The van der Waals surface area contributed by atoms with Crippen LogP contribution in [0.15, 0.2) is 42.5 Å². The van der Waals surface area contributed by atoms with Gasteiger partial charge in [-0.15, -0.1) is 0 Å². The Bertz CT molecular complexity index is 1040. The normalized spacial score (nSPS) is 10.9. The first-order valence-electron chi connectivity index (χ1n) is 9.35. The number of ether oxygens (including phenoxy) is 1. The maximum absolute atomic E-state index is 13.2. The summed E-state index contributed by atoms with van der Waals surface area (Å²) in [4.78, 5) is 25.7. The maximum atomic E-state index is 13.2. The second kappa shape index (κ2) is 9.11. The fourth-order valence-electron chi connectivity index (χ4n) is 3.35. The smallest absolute Gasteiger partial charge is 0.262 e. The molecule has 0 spiro atoms. The van der Waals surface area contributed by atoms with Crippen LogP contribution in [0.2, 0.25) is 5.02 Å². The largest absolute Gasteiger partial charge is 0.497 e. The summed E-state index contributed by atoms with van der Waals surface area (Å²) in [5.41, 5.74) is 2.80. The highest BCUT2D eigenvalue weighted by Gasteiger charge is 2.22. The summed E-state index contributed by atoms with van der Waals surface area (Å²) in [5, 5.41) is 7.28. The van der Waals surface area contributed by atoms with Crippen molar-refractivity contribution in [1.29, 1.82) is 0 Å². The summed E-state index contributed by atoms with van der Waals surface area (Å²) >= 11 is 5.95. The molecule has 1 aromatic heterocycles. The summed E-state index contributed by atoms with van der Waals surface area (Å²) in [6.45, 7) is 3.09. The highest BCUT2D eigenvalue weighted by atomic mass is 35.5. The molecular formula is C22H24ClN3O3. The average Bonchev–Trinajstić information content (AvgIpc) is 2.99. The summed E-state index contributed by atoms with van der Waals surface area (Å²) in [6, 6.07) is 12.3. The van der Waals surface area contributed by atoms with E-state index in [1.807, 2.05) is 32.2 Å². The van der Waals surface area contributed by atoms with Gasteiger partial charge in [0.2, 0.25) is 5.91 Å². The Balaban J connectivity index is 2.06. The van der Waals surface area contributed by atoms with E-state index in [0.717, 1.165) is 22.2 Å². The molecule has 2 N–H and O–H groups in total. The monoisotopic (exact) mass is 413 g/mol. The first kappa shape index (κ1) is 20.9. The van der Waals surface area contributed by atoms with Crippen LogP contribution in [0.3, 0.4) is 0 Å². The number of nitrogens with one attached hydrogen (secondary N) is 2. The van der Waals surface area contributed by atoms with Crippen LogP contribution in [0.1, 0.15) is 21.6 Å². The van der Waals surface area contributed by atoms with Crippen molar-refractivity contribution in [2.24, 2.45) is 0 Å². The molecule has 0 saturated carbocycles. The van der Waals surface area contributed by atoms with E-state index >= 15 is 0 Å². The molecule has 1 heterocycles. The third-order valence-electron chi connectivity index (χ3n) is 4.87. The Labute approximate surface area is 174 Å². The number of nitrogens with zero attached hydrogens (tertiary/aromatic N) is 1. The molecule has 152 valence electrons. The number of hydrogen-bond donors (Lipinski definition) is 2. The summed E-state index contributed by atoms with van der Waals surface area (Å²) in [5.74, 6) is 0.408. The Kier molecular flexibility index (Phi) is 6.56. The van der Waals surface area contributed by atoms with Crippen molar-refractivity contribution >= 4 is 34.3 Å². The lowest BCUT2D eigenvalue weighted by molar-refractivity contribution is -0.120. The first-order chi connectivity index (χ1) is 14.0. The van der Waals surface area contributed by atoms with Crippen molar-refractivity contribution in [2.75, 3.05) is 27.2 Å². The van der Waals surface area contributed by atoms with Gasteiger partial charge in [-0.2, -0.15) is 0 Å². The third kappa shape index (κ3) is 4.44. The standard InChI is InChI=1S/C22H24ClN3O3/c1-14-18(13-21(27)25-11-10-24-2)19-12-17(29-3)8-9-20(19)26(14)22(28)15-4-6-16(23)7-5-15/h4-9,12,24H,10-11,13H2,1-3H3,(H,25,27). The van der Waals surface area contributed by atoms with E-state index in [9.17, 15) is 9.59 Å². The Morgan fingerprint density at radius 2 is 1.83 bits per heavy atom. The van der Waals surface area contributed by atoms with Crippen LogP contribution in [0.5, 0.6) is 5.75 Å². The molecule has 0 unspecified atom stereocenters. The van der Waals surface area contributed by atoms with Gasteiger partial charge in [0.1, 0.15) is 5.75 Å². The maximum Gasteiger partial charge on any atom is 0.262 e. The van der Waals surface area contributed by atoms with Crippen LogP contribution in [-0.2, 0) is 11.2 Å². The van der Waals surface area contributed by atoms with Crippen LogP contribution >= 0.6 is 11.6 Å². The number of hydrogen-bond acceptors (Lipinski definition) is 4. The number of methoxy groups -OCH3 is 1. The summed E-state index contributed by atoms with van der Waals surface area (Å²) < 4.78 is 7.00. The van der Waals surface area contributed by atoms with Crippen LogP contribution in [0.4, 0.5) is 0 Å². The lowest BCUT2D eigenvalue weighted by Gasteiger charge is -2.08. The molecular weight excluding hydrogens is 390 g/mol. The molecule has 29 heavy (non-hydrogen) atoms. The van der Waals surface area contributed by atoms with Gasteiger partial charge in [0.05, 0.1) is 19.0 Å². The number of fused-ring (bicyclic) bond motifs is 1. The number of halogens is 1. The van der Waals surface area contributed by atoms with Crippen molar-refractivity contribution in [3.63, 3.8) is 0 Å². The Hall–Kier alpha value is -2.83. The number of likely N-dealkylation sites (N-methyl/N-ethyl adjacent to an activating group) is 1. The summed E-state index contributed by atoms with van der Waals surface area (Å²) in [7, 11) is 3.42. The van der Waals surface area contributed by atoms with E-state index in [2.05, 4.69) is 10.6 Å². The van der Waals surface area contributed by atoms with Gasteiger partial charge in [0.25, 0.3) is 5.91 Å². The molecule has 1 amide bonds. The van der Waals surface area contributed by atoms with Gasteiger partial charge in [0.15, 0.2) is 0 Å². The molecule has 3 aromatic rings. The molecule has 0 fully saturated rings. The SMILES string of the molecule is CNCCNC(=O)Cc1c(C)n(C(=O)c2ccc(Cl)cc2)c2ccc(OC)cc12. The second-order valence-corrected chi connectivity index (χ2v) is 7.16. The molecule has 2 aromatic carbocycles. The van der Waals surface area contributed by atoms with E-state index < -0.39 is 0 Å². The highest BCUT2D eigenvalue weighted by Crippen LogP contribution is 2.30. The van der Waals surface area contributed by atoms with Crippen LogP contribution in [0, 0.1) is 6.92 Å². The third-order valence-corrected chi connectivity index (χ3v) is 5.12. The number of amides is 1. The molecule has 0 atom stereocenters. The molecule has 0 saturated heterocycles. The van der Waals surface area contributed by atoms with Crippen LogP contribution in [0.25, 0.3) is 10.9 Å². The Morgan fingerprint density at radius 1 is 1.10 bits per heavy atom. The van der Waals surface area contributed by atoms with E-state index in [1.54, 1.807) is 35.9 Å². The van der Waals surface area contributed by atoms with Gasteiger partial charge < -0.3 is 15.4 Å². The van der Waals surface area contributed by atoms with Gasteiger partial charge >= 0.3 is 0 Å². The molecule has 0 aliphatic carbocycles. The zero-order valence-electron chi connectivity index (χ0n) is 16.7. The lowest BCUT2D eigenvalue weighted by atomic mass is 10.1. The van der Waals surface area contributed by atoms with Gasteiger partial charge in [-0.05, 0) is 62.0 Å². The molecule has 0 bridgehead atoms. The van der Waals surface area contributed by atoms with E-state index in [-0.39, 0.29) is 18.2 Å². The lowest BCUT2D eigenvalue weighted by Crippen LogP contribution is -2.31. The number of benzene rings is 2. The van der Waals surface area contributed by atoms with E-state index in [4.69, 9.17) is 16.3 Å². The number of carbonyl (C=O) groups excluding carboxylic acids is 2. The van der Waals surface area contributed by atoms with Gasteiger partial charge in [0, 0.05) is 34.8 Å². The van der Waals surface area contributed by atoms with E-state index in [0.29, 0.717) is 29.4 Å². The number of rotatable bonds is 7. The topological polar surface area (TPSA) is 72.4 Å². The van der Waals surface area contributed by atoms with E-state index in [1.165, 1.54) is 0 Å². The fraction of sp³-hybridized carbons (Fsp3) is 0.273. The molecule has 0 radical (unpaired) electrons. The summed E-state index contributed by atoms with van der Waals surface area (Å²) in [6.07, 6.45) is 0.181. The quantitative estimate of drug-likeness (QED) is 0.583. The number of carbonyl (C=O) groups is 2. The van der Waals surface area contributed by atoms with Crippen molar-refractivity contribution in [3.05, 3.63) is 64.3 Å². The minimum atomic E-state index is -0.170. The van der Waals surface area contributed by atoms with Crippen molar-refractivity contribution in [1.82, 2.24) is 15.2 Å². The first-order valence-corrected chi connectivity index (χ1v) is 9.73. The predicted molar refractivity (Wildman–Crippen MR) is 115 cm³/mol. The zero-order valence-corrected chi connectivity index (χ0v) is 17.5. The molecule has 0 aliphatic rings. The van der Waals surface area contributed by atoms with Gasteiger partial charge in [-0.25, -0.2) is 0 Å². The van der Waals surface area contributed by atoms with Gasteiger partial charge in [-0.3, -0.25) is 14.2 Å². The highest BCUT2D eigenvalue weighted by molar-refractivity contribution is 6.30. The van der Waals surface area contributed by atoms with Crippen molar-refractivity contribution < 1.29 is 14.3 Å². The fourth-order valence-corrected chi connectivity index (χ4v) is 3.47. The molecule has 6 nitrogen and oxygen atoms in total. The Morgan fingerprint density at radius 3 is 2.48 bits per heavy atom. The van der Waals surface area contributed by atoms with Crippen LogP contribution < -0.4 is 15.4 Å². The van der Waals surface area contributed by atoms with Crippen LogP contribution in [-0.4, -0.2) is 43.6 Å². The minimum absolute atomic E-state index is 0.0934. The second-order valence-electron chi connectivity index (χ2n) is 6.72. The van der Waals surface area contributed by atoms with Crippen molar-refractivity contribution in [2.45, 2.75) is 13.3 Å². The number of aromatic nitrogens is 1. The molecule has 0 aliphatic heterocycles. The predicted octanol–water partition coefficient (Wildman–Crippen LogP) is 3.18. The molecule has 3 rings (SSSR count). The van der Waals surface area contributed by atoms with Crippen molar-refractivity contribution in [3.8, 4) is 5.75 Å². The average molecular weight is 414 g/mol.